The molecule has 0 aromatic carbocycles. The van der Waals surface area contributed by atoms with Gasteiger partial charge < -0.3 is 10.0 Å². The van der Waals surface area contributed by atoms with Crippen LogP contribution in [0.3, 0.4) is 0 Å². The maximum absolute atomic E-state index is 11.6. The van der Waals surface area contributed by atoms with E-state index in [2.05, 4.69) is 7.05 Å². The molecule has 0 aromatic heterocycles. The molecule has 1 rings (SSSR count). The fraction of sp³-hybridized carbons (Fsp3) is 0.700. The van der Waals surface area contributed by atoms with E-state index in [-0.39, 0.29) is 38.5 Å². The van der Waals surface area contributed by atoms with E-state index >= 15 is 0 Å². The van der Waals surface area contributed by atoms with Gasteiger partial charge >= 0.3 is 5.97 Å². The van der Waals surface area contributed by atoms with Crippen molar-refractivity contribution in [3.8, 4) is 0 Å². The topological polar surface area (TPSA) is 57.6 Å². The number of carboxylic acid groups (broad SMARTS) is 1. The van der Waals surface area contributed by atoms with Gasteiger partial charge in [-0.1, -0.05) is 6.92 Å². The summed E-state index contributed by atoms with van der Waals surface area (Å²) in [5.41, 5.74) is -1.14. The van der Waals surface area contributed by atoms with E-state index in [0.717, 1.165) is 0 Å². The molecular weight excluding hydrogens is 271 g/mol. The van der Waals surface area contributed by atoms with E-state index in [1.54, 1.807) is 6.92 Å². The molecule has 83 valence electrons. The molecule has 0 aliphatic carbocycles. The van der Waals surface area contributed by atoms with E-state index in [0.29, 0.717) is 32.4 Å². The number of carboxylic acids is 1. The standard InChI is InChI=1S/C10H16NO3.Y/c1-3-8(12)10(9(13)14)4-6-11(2)7-5-10;/h2-7H2,1H3,(H,13,14);/q-1;. The van der Waals surface area contributed by atoms with Crippen molar-refractivity contribution in [1.29, 1.82) is 0 Å². The molecule has 1 saturated heterocycles. The predicted octanol–water partition coefficient (Wildman–Crippen LogP) is 0.921. The Hall–Kier alpha value is 0.204. The third kappa shape index (κ3) is 3.08. The number of nitrogens with zero attached hydrogens (tertiary/aromatic N) is 1. The van der Waals surface area contributed by atoms with Gasteiger partial charge in [-0.3, -0.25) is 16.6 Å². The molecule has 1 heterocycles. The van der Waals surface area contributed by atoms with Crippen molar-refractivity contribution in [2.24, 2.45) is 5.41 Å². The first-order valence-corrected chi connectivity index (χ1v) is 4.85. The van der Waals surface area contributed by atoms with Gasteiger partial charge in [0.25, 0.3) is 0 Å². The summed E-state index contributed by atoms with van der Waals surface area (Å²) in [5.74, 6) is -1.13. The number of carbonyl (C=O) groups excluding carboxylic acids is 1. The molecule has 0 atom stereocenters. The second kappa shape index (κ2) is 6.07. The van der Waals surface area contributed by atoms with E-state index in [1.807, 2.05) is 4.90 Å². The van der Waals surface area contributed by atoms with Gasteiger partial charge in [-0.2, -0.15) is 0 Å². The minimum Gasteiger partial charge on any atom is -0.480 e. The van der Waals surface area contributed by atoms with Crippen LogP contribution in [0.25, 0.3) is 0 Å². The molecule has 0 aromatic rings. The fourth-order valence-corrected chi connectivity index (χ4v) is 1.89. The first-order chi connectivity index (χ1) is 6.53. The Morgan fingerprint density at radius 1 is 1.40 bits per heavy atom. The van der Waals surface area contributed by atoms with Crippen molar-refractivity contribution in [3.05, 3.63) is 7.05 Å². The van der Waals surface area contributed by atoms with Gasteiger partial charge in [0.1, 0.15) is 11.2 Å². The van der Waals surface area contributed by atoms with Gasteiger partial charge in [-0.25, -0.2) is 0 Å². The molecule has 0 spiro atoms. The van der Waals surface area contributed by atoms with Crippen LogP contribution in [-0.2, 0) is 42.3 Å². The monoisotopic (exact) mass is 287 g/mol. The molecule has 0 amide bonds. The van der Waals surface area contributed by atoms with Crippen LogP contribution < -0.4 is 0 Å². The molecule has 5 heteroatoms. The minimum absolute atomic E-state index is 0. The number of aliphatic carboxylic acids is 1. The Morgan fingerprint density at radius 3 is 2.20 bits per heavy atom. The Bertz CT molecular complexity index is 247. The van der Waals surface area contributed by atoms with Crippen LogP contribution in [0.15, 0.2) is 0 Å². The number of rotatable bonds is 3. The van der Waals surface area contributed by atoms with Crippen LogP contribution in [0, 0.1) is 12.5 Å². The van der Waals surface area contributed by atoms with Crippen LogP contribution in [0.2, 0.25) is 0 Å². The Morgan fingerprint density at radius 2 is 1.87 bits per heavy atom. The normalized spacial score (nSPS) is 20.4. The molecule has 1 aliphatic heterocycles. The summed E-state index contributed by atoms with van der Waals surface area (Å²) in [6.45, 7) is 2.87. The van der Waals surface area contributed by atoms with Crippen LogP contribution in [-0.4, -0.2) is 34.8 Å². The first kappa shape index (κ1) is 15.2. The third-order valence-corrected chi connectivity index (χ3v) is 2.97. The van der Waals surface area contributed by atoms with Gasteiger partial charge in [-0.15, -0.1) is 0 Å². The van der Waals surface area contributed by atoms with Gasteiger partial charge in [0.2, 0.25) is 0 Å². The maximum Gasteiger partial charge on any atom is 0.317 e. The second-order valence-corrected chi connectivity index (χ2v) is 3.78. The summed E-state index contributed by atoms with van der Waals surface area (Å²) in [4.78, 5) is 24.6. The number of carbonyl (C=O) groups is 2. The number of hydrogen-bond acceptors (Lipinski definition) is 3. The van der Waals surface area contributed by atoms with Gasteiger partial charge in [0, 0.05) is 39.1 Å². The van der Waals surface area contributed by atoms with Gasteiger partial charge in [-0.05, 0) is 25.9 Å². The summed E-state index contributed by atoms with van der Waals surface area (Å²) < 4.78 is 0. The molecular formula is C10H16NO3Y-. The molecule has 0 bridgehead atoms. The molecule has 4 nitrogen and oxygen atoms in total. The summed E-state index contributed by atoms with van der Waals surface area (Å²) in [6.07, 6.45) is 1.07. The van der Waals surface area contributed by atoms with E-state index in [9.17, 15) is 9.59 Å². The Labute approximate surface area is 115 Å². The minimum atomic E-state index is -1.14. The van der Waals surface area contributed by atoms with Crippen LogP contribution in [0.4, 0.5) is 0 Å². The SMILES string of the molecule is [CH2-]N1CCC(C(=O)O)(C(=O)CC)CC1.[Y]. The molecule has 1 fully saturated rings. The van der Waals surface area contributed by atoms with Crippen molar-refractivity contribution in [1.82, 2.24) is 4.90 Å². The zero-order chi connectivity index (χ0) is 10.8. The zero-order valence-corrected chi connectivity index (χ0v) is 11.9. The fourth-order valence-electron chi connectivity index (χ4n) is 1.89. The summed E-state index contributed by atoms with van der Waals surface area (Å²) in [7, 11) is 3.74. The summed E-state index contributed by atoms with van der Waals surface area (Å²) in [5, 5.41) is 9.12. The molecule has 1 aliphatic rings. The Balaban J connectivity index is 0.00000196. The van der Waals surface area contributed by atoms with Crippen molar-refractivity contribution in [2.45, 2.75) is 26.2 Å². The number of ketones is 1. The van der Waals surface area contributed by atoms with Crippen LogP contribution in [0.1, 0.15) is 26.2 Å². The van der Waals surface area contributed by atoms with Crippen molar-refractivity contribution < 1.29 is 47.4 Å². The summed E-state index contributed by atoms with van der Waals surface area (Å²) >= 11 is 0. The van der Waals surface area contributed by atoms with Crippen LogP contribution in [0.5, 0.6) is 0 Å². The Kier molecular flexibility index (Phi) is 6.15. The second-order valence-electron chi connectivity index (χ2n) is 3.78. The van der Waals surface area contributed by atoms with Gasteiger partial charge in [0.15, 0.2) is 0 Å². The van der Waals surface area contributed by atoms with E-state index < -0.39 is 11.4 Å². The maximum atomic E-state index is 11.6. The quantitative estimate of drug-likeness (QED) is 0.619. The van der Waals surface area contributed by atoms with Crippen LogP contribution >= 0.6 is 0 Å². The predicted molar refractivity (Wildman–Crippen MR) is 51.5 cm³/mol. The average molecular weight is 287 g/mol. The van der Waals surface area contributed by atoms with E-state index in [4.69, 9.17) is 5.11 Å². The van der Waals surface area contributed by atoms with E-state index in [1.165, 1.54) is 0 Å². The molecule has 1 radical (unpaired) electrons. The molecule has 0 saturated carbocycles. The zero-order valence-electron chi connectivity index (χ0n) is 9.03. The number of likely N-dealkylation sites (tertiary alicyclic amines) is 1. The van der Waals surface area contributed by atoms with Crippen molar-refractivity contribution in [2.75, 3.05) is 13.1 Å². The van der Waals surface area contributed by atoms with Gasteiger partial charge in [0.05, 0.1) is 0 Å². The molecule has 0 unspecified atom stereocenters. The first-order valence-electron chi connectivity index (χ1n) is 4.85. The average Bonchev–Trinajstić information content (AvgIpc) is 2.18. The van der Waals surface area contributed by atoms with Crippen molar-refractivity contribution >= 4 is 11.8 Å². The molecule has 1 N–H and O–H groups in total. The smallest absolute Gasteiger partial charge is 0.317 e. The third-order valence-electron chi connectivity index (χ3n) is 2.97. The number of piperidine rings is 1. The number of Topliss-reactive ketones (excluding diaryl/α,β-unsaturated/α-hetero) is 1. The van der Waals surface area contributed by atoms with Crippen molar-refractivity contribution in [3.63, 3.8) is 0 Å². The largest absolute Gasteiger partial charge is 0.480 e. The number of hydrogen-bond donors (Lipinski definition) is 1. The summed E-state index contributed by atoms with van der Waals surface area (Å²) in [6, 6.07) is 0. The molecule has 15 heavy (non-hydrogen) atoms.